The highest BCUT2D eigenvalue weighted by atomic mass is 16.6. The van der Waals surface area contributed by atoms with E-state index in [0.29, 0.717) is 19.3 Å². The molecule has 0 aliphatic heterocycles. The van der Waals surface area contributed by atoms with Gasteiger partial charge in [-0.2, -0.15) is 0 Å². The maximum absolute atomic E-state index is 12.9. The highest BCUT2D eigenvalue weighted by molar-refractivity contribution is 5.71. The molecule has 0 heterocycles. The van der Waals surface area contributed by atoms with E-state index in [2.05, 4.69) is 191 Å². The van der Waals surface area contributed by atoms with E-state index < -0.39 is 6.10 Å². The molecule has 1 atom stereocenters. The topological polar surface area (TPSA) is 78.9 Å². The van der Waals surface area contributed by atoms with Crippen LogP contribution in [0.4, 0.5) is 0 Å². The first-order valence-electron chi connectivity index (χ1n) is 29.6. The Bertz CT molecular complexity index is 1750. The van der Waals surface area contributed by atoms with Crippen LogP contribution >= 0.6 is 0 Å². The standard InChI is InChI=1S/C69H106O6/c1-4-7-10-13-16-19-22-24-26-28-30-31-32-33-34-35-36-37-39-40-42-44-47-50-53-56-59-62-68(71)74-65-66(64-73-67(70)61-58-55-52-49-46-21-18-15-12-9-6-3)75-69(72)63-60-57-54-51-48-45-43-41-38-29-27-25-23-20-17-14-11-8-5-2/h7-8,10-11,15-20,24-27,30-31,33-34,36-38,40-42,45,47-48,50,66H,4-6,9,12-14,21-23,28-29,32,35,39,43-44,46,49,51-65H2,1-3H3/b10-7-,11-8-,18-15-,19-16-,20-17-,26-24-,27-25-,31-30-,34-33-,37-36-,41-38-,42-40-,48-45-,50-47-. The van der Waals surface area contributed by atoms with Crippen LogP contribution in [-0.2, 0) is 28.6 Å². The van der Waals surface area contributed by atoms with E-state index in [1.54, 1.807) is 0 Å². The quantitative estimate of drug-likeness (QED) is 0.0261. The molecule has 0 aromatic rings. The van der Waals surface area contributed by atoms with E-state index >= 15 is 0 Å². The molecule has 0 bridgehead atoms. The molecule has 6 heteroatoms. The summed E-state index contributed by atoms with van der Waals surface area (Å²) in [6.07, 6.45) is 90.7. The fourth-order valence-electron chi connectivity index (χ4n) is 7.29. The van der Waals surface area contributed by atoms with Crippen LogP contribution in [0.5, 0.6) is 0 Å². The number of hydrogen-bond acceptors (Lipinski definition) is 6. The Balaban J connectivity index is 4.50. The molecule has 0 fully saturated rings. The third-order valence-electron chi connectivity index (χ3n) is 11.7. The van der Waals surface area contributed by atoms with Gasteiger partial charge in [0.05, 0.1) is 0 Å². The maximum Gasteiger partial charge on any atom is 0.306 e. The molecule has 0 saturated carbocycles. The van der Waals surface area contributed by atoms with Gasteiger partial charge in [-0.1, -0.05) is 229 Å². The van der Waals surface area contributed by atoms with Crippen LogP contribution in [0.15, 0.2) is 170 Å². The van der Waals surface area contributed by atoms with Crippen LogP contribution in [0, 0.1) is 0 Å². The van der Waals surface area contributed by atoms with Gasteiger partial charge in [-0.3, -0.25) is 14.4 Å². The molecule has 0 radical (unpaired) electrons. The summed E-state index contributed by atoms with van der Waals surface area (Å²) in [6.45, 7) is 6.28. The highest BCUT2D eigenvalue weighted by Gasteiger charge is 2.19. The number of ether oxygens (including phenoxy) is 3. The summed E-state index contributed by atoms with van der Waals surface area (Å²) in [5.74, 6) is -1.02. The maximum atomic E-state index is 12.9. The van der Waals surface area contributed by atoms with Crippen LogP contribution in [-0.4, -0.2) is 37.2 Å². The molecular weight excluding hydrogens is 925 g/mol. The lowest BCUT2D eigenvalue weighted by atomic mass is 10.1. The largest absolute Gasteiger partial charge is 0.462 e. The lowest BCUT2D eigenvalue weighted by molar-refractivity contribution is -0.167. The Morgan fingerprint density at radius 3 is 0.867 bits per heavy atom. The summed E-state index contributed by atoms with van der Waals surface area (Å²) in [7, 11) is 0. The van der Waals surface area contributed by atoms with Crippen molar-refractivity contribution < 1.29 is 28.6 Å². The molecule has 0 saturated heterocycles. The molecular formula is C69H106O6. The zero-order valence-electron chi connectivity index (χ0n) is 47.7. The van der Waals surface area contributed by atoms with Gasteiger partial charge in [0.1, 0.15) is 13.2 Å². The molecule has 0 aliphatic rings. The molecule has 0 rings (SSSR count). The van der Waals surface area contributed by atoms with Crippen LogP contribution in [0.1, 0.15) is 226 Å². The van der Waals surface area contributed by atoms with Crippen molar-refractivity contribution in [3.63, 3.8) is 0 Å². The van der Waals surface area contributed by atoms with Gasteiger partial charge in [0.2, 0.25) is 0 Å². The second kappa shape index (κ2) is 61.3. The first-order valence-corrected chi connectivity index (χ1v) is 29.6. The van der Waals surface area contributed by atoms with E-state index in [9.17, 15) is 14.4 Å². The molecule has 75 heavy (non-hydrogen) atoms. The SMILES string of the molecule is CC/C=C\C/C=C\C/C=C\C/C=C\C/C=C\C/C=C\C/C=C\C/C=C\CCCCC(=O)OCC(COC(=O)CCCCCCC/C=C\CCCC)OC(=O)CCCCC/C=C\C/C=C\C/C=C\C/C=C\C/C=C\CC. The Morgan fingerprint density at radius 2 is 0.520 bits per heavy atom. The summed E-state index contributed by atoms with van der Waals surface area (Å²) >= 11 is 0. The first kappa shape index (κ1) is 69.8. The number of carbonyl (C=O) groups excluding carboxylic acids is 3. The first-order chi connectivity index (χ1) is 37.0. The van der Waals surface area contributed by atoms with Gasteiger partial charge < -0.3 is 14.2 Å². The molecule has 0 N–H and O–H groups in total. The van der Waals surface area contributed by atoms with Crippen LogP contribution < -0.4 is 0 Å². The number of unbranched alkanes of at least 4 members (excludes halogenated alkanes) is 12. The molecule has 418 valence electrons. The monoisotopic (exact) mass is 1030 g/mol. The lowest BCUT2D eigenvalue weighted by Crippen LogP contribution is -2.30. The normalized spacial score (nSPS) is 13.4. The van der Waals surface area contributed by atoms with Crippen molar-refractivity contribution in [3.05, 3.63) is 170 Å². The molecule has 0 aromatic heterocycles. The van der Waals surface area contributed by atoms with Gasteiger partial charge in [-0.15, -0.1) is 0 Å². The minimum Gasteiger partial charge on any atom is -0.462 e. The molecule has 6 nitrogen and oxygen atoms in total. The summed E-state index contributed by atoms with van der Waals surface area (Å²) in [6, 6.07) is 0. The van der Waals surface area contributed by atoms with Crippen molar-refractivity contribution >= 4 is 17.9 Å². The van der Waals surface area contributed by atoms with Gasteiger partial charge in [0.25, 0.3) is 0 Å². The highest BCUT2D eigenvalue weighted by Crippen LogP contribution is 2.12. The van der Waals surface area contributed by atoms with Crippen molar-refractivity contribution in [1.29, 1.82) is 0 Å². The Morgan fingerprint density at radius 1 is 0.280 bits per heavy atom. The molecule has 0 amide bonds. The van der Waals surface area contributed by atoms with E-state index in [1.165, 1.54) is 25.7 Å². The smallest absolute Gasteiger partial charge is 0.306 e. The van der Waals surface area contributed by atoms with Crippen LogP contribution in [0.3, 0.4) is 0 Å². The zero-order valence-corrected chi connectivity index (χ0v) is 47.7. The third-order valence-corrected chi connectivity index (χ3v) is 11.7. The van der Waals surface area contributed by atoms with Gasteiger partial charge in [0.15, 0.2) is 6.10 Å². The van der Waals surface area contributed by atoms with Crippen LogP contribution in [0.2, 0.25) is 0 Å². The lowest BCUT2D eigenvalue weighted by Gasteiger charge is -2.18. The van der Waals surface area contributed by atoms with Crippen LogP contribution in [0.25, 0.3) is 0 Å². The van der Waals surface area contributed by atoms with E-state index in [0.717, 1.165) is 148 Å². The summed E-state index contributed by atoms with van der Waals surface area (Å²) in [5.41, 5.74) is 0. The van der Waals surface area contributed by atoms with Crippen molar-refractivity contribution in [2.75, 3.05) is 13.2 Å². The van der Waals surface area contributed by atoms with E-state index in [1.807, 2.05) is 0 Å². The van der Waals surface area contributed by atoms with Gasteiger partial charge in [0, 0.05) is 19.3 Å². The number of esters is 3. The average Bonchev–Trinajstić information content (AvgIpc) is 3.41. The van der Waals surface area contributed by atoms with Gasteiger partial charge in [-0.05, 0) is 148 Å². The summed E-state index contributed by atoms with van der Waals surface area (Å²) in [5, 5.41) is 0. The average molecular weight is 1030 g/mol. The second-order valence-corrected chi connectivity index (χ2v) is 18.8. The Kier molecular flexibility index (Phi) is 57.0. The van der Waals surface area contributed by atoms with Gasteiger partial charge in [-0.25, -0.2) is 0 Å². The fraction of sp³-hybridized carbons (Fsp3) is 0.551. The fourth-order valence-corrected chi connectivity index (χ4v) is 7.29. The van der Waals surface area contributed by atoms with Crippen molar-refractivity contribution in [3.8, 4) is 0 Å². The molecule has 1 unspecified atom stereocenters. The van der Waals surface area contributed by atoms with E-state index in [4.69, 9.17) is 14.2 Å². The number of hydrogen-bond donors (Lipinski definition) is 0. The predicted molar refractivity (Wildman–Crippen MR) is 325 cm³/mol. The summed E-state index contributed by atoms with van der Waals surface area (Å²) < 4.78 is 16.8. The minimum atomic E-state index is -0.826. The van der Waals surface area contributed by atoms with Gasteiger partial charge >= 0.3 is 17.9 Å². The molecule has 0 aromatic carbocycles. The zero-order chi connectivity index (χ0) is 54.3. The Hall–Kier alpha value is -5.23. The predicted octanol–water partition coefficient (Wildman–Crippen LogP) is 20.3. The minimum absolute atomic E-state index is 0.118. The number of allylic oxidation sites excluding steroid dienone is 28. The Labute approximate surface area is 460 Å². The van der Waals surface area contributed by atoms with Crippen molar-refractivity contribution in [1.82, 2.24) is 0 Å². The van der Waals surface area contributed by atoms with Crippen molar-refractivity contribution in [2.24, 2.45) is 0 Å². The third kappa shape index (κ3) is 59.5. The molecule has 0 aliphatic carbocycles. The molecule has 0 spiro atoms. The summed E-state index contributed by atoms with van der Waals surface area (Å²) in [4.78, 5) is 38.1. The number of rotatable bonds is 51. The second-order valence-electron chi connectivity index (χ2n) is 18.8. The van der Waals surface area contributed by atoms with Crippen molar-refractivity contribution in [2.45, 2.75) is 232 Å². The number of carbonyl (C=O) groups is 3. The van der Waals surface area contributed by atoms with E-state index in [-0.39, 0.29) is 44.0 Å².